The molecule has 0 aliphatic carbocycles. The van der Waals surface area contributed by atoms with E-state index in [9.17, 15) is 9.90 Å². The van der Waals surface area contributed by atoms with Crippen LogP contribution in [0.2, 0.25) is 0 Å². The van der Waals surface area contributed by atoms with E-state index < -0.39 is 0 Å². The van der Waals surface area contributed by atoms with E-state index in [1.165, 1.54) is 0 Å². The number of nitrogen functional groups attached to an aromatic ring is 1. The van der Waals surface area contributed by atoms with E-state index >= 15 is 0 Å². The van der Waals surface area contributed by atoms with E-state index in [-0.39, 0.29) is 18.6 Å². The second-order valence-electron chi connectivity index (χ2n) is 4.65. The summed E-state index contributed by atoms with van der Waals surface area (Å²) in [7, 11) is 0. The van der Waals surface area contributed by atoms with Crippen molar-refractivity contribution in [1.82, 2.24) is 4.90 Å². The van der Waals surface area contributed by atoms with Crippen LogP contribution in [0.5, 0.6) is 0 Å². The molecule has 0 saturated carbocycles. The van der Waals surface area contributed by atoms with E-state index in [4.69, 9.17) is 5.84 Å². The van der Waals surface area contributed by atoms with Crippen molar-refractivity contribution in [2.24, 2.45) is 5.84 Å². The number of hydrogen-bond donors (Lipinski definition) is 3. The van der Waals surface area contributed by atoms with Crippen LogP contribution in [-0.4, -0.2) is 35.1 Å². The highest BCUT2D eigenvalue weighted by Crippen LogP contribution is 2.22. The van der Waals surface area contributed by atoms with E-state index in [0.717, 1.165) is 30.6 Å². The lowest BCUT2D eigenvalue weighted by atomic mass is 10.1. The average molecular weight is 249 g/mol. The van der Waals surface area contributed by atoms with Crippen LogP contribution in [0.15, 0.2) is 18.2 Å². The van der Waals surface area contributed by atoms with Gasteiger partial charge in [0.25, 0.3) is 5.91 Å². The molecule has 1 fully saturated rings. The number of likely N-dealkylation sites (tertiary alicyclic amines) is 1. The summed E-state index contributed by atoms with van der Waals surface area (Å²) in [4.78, 5) is 14.1. The van der Waals surface area contributed by atoms with Gasteiger partial charge in [0, 0.05) is 12.1 Å². The number of carbonyl (C=O) groups is 1. The summed E-state index contributed by atoms with van der Waals surface area (Å²) >= 11 is 0. The summed E-state index contributed by atoms with van der Waals surface area (Å²) in [5.41, 5.74) is 4.98. The summed E-state index contributed by atoms with van der Waals surface area (Å²) < 4.78 is 0. The SMILES string of the molecule is Cc1cc(C(=O)N2CCCC2CO)ccc1NN. The largest absolute Gasteiger partial charge is 0.394 e. The number of aliphatic hydroxyl groups is 1. The topological polar surface area (TPSA) is 78.6 Å². The van der Waals surface area contributed by atoms with Crippen LogP contribution in [0.1, 0.15) is 28.8 Å². The van der Waals surface area contributed by atoms with Crippen LogP contribution in [0.4, 0.5) is 5.69 Å². The maximum absolute atomic E-state index is 12.3. The Morgan fingerprint density at radius 1 is 1.61 bits per heavy atom. The van der Waals surface area contributed by atoms with Gasteiger partial charge in [-0.05, 0) is 43.5 Å². The second kappa shape index (κ2) is 5.37. The fourth-order valence-electron chi connectivity index (χ4n) is 2.42. The summed E-state index contributed by atoms with van der Waals surface area (Å²) in [5.74, 6) is 5.35. The van der Waals surface area contributed by atoms with Gasteiger partial charge in [0.15, 0.2) is 0 Å². The minimum absolute atomic E-state index is 0.0155. The van der Waals surface area contributed by atoms with Crippen molar-refractivity contribution < 1.29 is 9.90 Å². The number of hydrogen-bond acceptors (Lipinski definition) is 4. The van der Waals surface area contributed by atoms with E-state index in [1.807, 2.05) is 13.0 Å². The quantitative estimate of drug-likeness (QED) is 0.549. The third kappa shape index (κ3) is 2.32. The highest BCUT2D eigenvalue weighted by atomic mass is 16.3. The number of nitrogens with two attached hydrogens (primary N) is 1. The molecule has 0 aromatic heterocycles. The van der Waals surface area contributed by atoms with Gasteiger partial charge in [-0.1, -0.05) is 0 Å². The molecule has 1 aliphatic heterocycles. The van der Waals surface area contributed by atoms with Crippen molar-refractivity contribution in [3.05, 3.63) is 29.3 Å². The maximum Gasteiger partial charge on any atom is 0.254 e. The van der Waals surface area contributed by atoms with Gasteiger partial charge in [-0.15, -0.1) is 0 Å². The molecule has 1 aliphatic rings. The highest BCUT2D eigenvalue weighted by molar-refractivity contribution is 5.95. The Hall–Kier alpha value is -1.59. The van der Waals surface area contributed by atoms with Gasteiger partial charge in [-0.2, -0.15) is 0 Å². The van der Waals surface area contributed by atoms with Crippen molar-refractivity contribution in [3.63, 3.8) is 0 Å². The van der Waals surface area contributed by atoms with E-state index in [0.29, 0.717) is 5.56 Å². The third-order valence-corrected chi connectivity index (χ3v) is 3.48. The average Bonchev–Trinajstić information content (AvgIpc) is 2.86. The molecule has 0 radical (unpaired) electrons. The molecule has 5 nitrogen and oxygen atoms in total. The van der Waals surface area contributed by atoms with Crippen molar-refractivity contribution >= 4 is 11.6 Å². The van der Waals surface area contributed by atoms with Gasteiger partial charge in [-0.3, -0.25) is 10.6 Å². The Balaban J connectivity index is 2.21. The van der Waals surface area contributed by atoms with Crippen molar-refractivity contribution in [2.45, 2.75) is 25.8 Å². The number of nitrogens with one attached hydrogen (secondary N) is 1. The molecule has 0 bridgehead atoms. The van der Waals surface area contributed by atoms with Crippen molar-refractivity contribution in [2.75, 3.05) is 18.6 Å². The number of rotatable bonds is 3. The lowest BCUT2D eigenvalue weighted by molar-refractivity contribution is 0.0677. The Bertz CT molecular complexity index is 448. The smallest absolute Gasteiger partial charge is 0.254 e. The first kappa shape index (κ1) is 12.9. The van der Waals surface area contributed by atoms with Crippen LogP contribution >= 0.6 is 0 Å². The highest BCUT2D eigenvalue weighted by Gasteiger charge is 2.28. The first-order valence-corrected chi connectivity index (χ1v) is 6.16. The molecule has 1 unspecified atom stereocenters. The van der Waals surface area contributed by atoms with Gasteiger partial charge >= 0.3 is 0 Å². The Kier molecular flexibility index (Phi) is 3.84. The van der Waals surface area contributed by atoms with Crippen molar-refractivity contribution in [1.29, 1.82) is 0 Å². The molecule has 1 amide bonds. The van der Waals surface area contributed by atoms with Gasteiger partial charge in [-0.25, -0.2) is 0 Å². The first-order valence-electron chi connectivity index (χ1n) is 6.16. The molecule has 1 heterocycles. The molecule has 1 atom stereocenters. The fourth-order valence-corrected chi connectivity index (χ4v) is 2.42. The standard InChI is InChI=1S/C13H19N3O2/c1-9-7-10(4-5-12(9)15-14)13(18)16-6-2-3-11(16)8-17/h4-5,7,11,15,17H,2-3,6,8,14H2,1H3. The zero-order valence-corrected chi connectivity index (χ0v) is 10.5. The number of carbonyl (C=O) groups excluding carboxylic acids is 1. The van der Waals surface area contributed by atoms with Gasteiger partial charge in [0.05, 0.1) is 18.3 Å². The van der Waals surface area contributed by atoms with Crippen molar-refractivity contribution in [3.8, 4) is 0 Å². The molecule has 5 heteroatoms. The first-order chi connectivity index (χ1) is 8.67. The Labute approximate surface area is 107 Å². The zero-order valence-electron chi connectivity index (χ0n) is 10.5. The van der Waals surface area contributed by atoms with E-state index in [2.05, 4.69) is 5.43 Å². The summed E-state index contributed by atoms with van der Waals surface area (Å²) in [5, 5.41) is 9.25. The van der Waals surface area contributed by atoms with Gasteiger partial charge in [0.2, 0.25) is 0 Å². The molecule has 1 saturated heterocycles. The summed E-state index contributed by atoms with van der Waals surface area (Å²) in [6, 6.07) is 5.35. The minimum Gasteiger partial charge on any atom is -0.394 e. The molecule has 98 valence electrons. The zero-order chi connectivity index (χ0) is 13.1. The van der Waals surface area contributed by atoms with Crippen LogP contribution in [-0.2, 0) is 0 Å². The number of aryl methyl sites for hydroxylation is 1. The van der Waals surface area contributed by atoms with Crippen LogP contribution in [0.3, 0.4) is 0 Å². The maximum atomic E-state index is 12.3. The Morgan fingerprint density at radius 2 is 2.39 bits per heavy atom. The third-order valence-electron chi connectivity index (χ3n) is 3.48. The van der Waals surface area contributed by atoms with Gasteiger partial charge < -0.3 is 15.4 Å². The molecule has 2 rings (SSSR count). The molecular formula is C13H19N3O2. The monoisotopic (exact) mass is 249 g/mol. The number of nitrogens with zero attached hydrogens (tertiary/aromatic N) is 1. The van der Waals surface area contributed by atoms with Crippen LogP contribution < -0.4 is 11.3 Å². The number of aliphatic hydroxyl groups excluding tert-OH is 1. The van der Waals surface area contributed by atoms with Gasteiger partial charge in [0.1, 0.15) is 0 Å². The molecule has 4 N–H and O–H groups in total. The summed E-state index contributed by atoms with van der Waals surface area (Å²) in [6.45, 7) is 2.66. The minimum atomic E-state index is -0.0369. The number of anilines is 1. The van der Waals surface area contributed by atoms with E-state index in [1.54, 1.807) is 17.0 Å². The van der Waals surface area contributed by atoms with Crippen LogP contribution in [0, 0.1) is 6.92 Å². The fraction of sp³-hybridized carbons (Fsp3) is 0.462. The Morgan fingerprint density at radius 3 is 3.00 bits per heavy atom. The molecule has 1 aromatic rings. The number of hydrazine groups is 1. The lowest BCUT2D eigenvalue weighted by Gasteiger charge is -2.23. The predicted molar refractivity (Wildman–Crippen MR) is 70.1 cm³/mol. The number of benzene rings is 1. The molecule has 0 spiro atoms. The van der Waals surface area contributed by atoms with Crippen LogP contribution in [0.25, 0.3) is 0 Å². The number of amides is 1. The molecule has 1 aromatic carbocycles. The lowest BCUT2D eigenvalue weighted by Crippen LogP contribution is -2.37. The molecule has 18 heavy (non-hydrogen) atoms. The predicted octanol–water partition coefficient (Wildman–Crippen LogP) is 0.878. The molecular weight excluding hydrogens is 230 g/mol. The summed E-state index contributed by atoms with van der Waals surface area (Å²) in [6.07, 6.45) is 1.84. The normalized spacial score (nSPS) is 19.1. The second-order valence-corrected chi connectivity index (χ2v) is 4.65.